The van der Waals surface area contributed by atoms with E-state index in [1.807, 2.05) is 0 Å². The van der Waals surface area contributed by atoms with Gasteiger partial charge < -0.3 is 15.4 Å². The fourth-order valence-electron chi connectivity index (χ4n) is 2.55. The summed E-state index contributed by atoms with van der Waals surface area (Å²) in [5.41, 5.74) is 1.38. The maximum absolute atomic E-state index is 12.4. The van der Waals surface area contributed by atoms with Gasteiger partial charge in [0.2, 0.25) is 0 Å². The summed E-state index contributed by atoms with van der Waals surface area (Å²) < 4.78 is 29.0. The number of rotatable bonds is 5. The molecule has 1 atom stereocenters. The minimum Gasteiger partial charge on any atom is -0.435 e. The fraction of sp³-hybridized carbons (Fsp3) is 0.333. The molecule has 0 saturated carbocycles. The Bertz CT molecular complexity index is 690. The van der Waals surface area contributed by atoms with Crippen LogP contribution in [-0.4, -0.2) is 41.8 Å². The maximum Gasteiger partial charge on any atom is 0.387 e. The molecule has 2 aromatic rings. The van der Waals surface area contributed by atoms with Crippen LogP contribution >= 0.6 is 12.4 Å². The van der Waals surface area contributed by atoms with Crippen LogP contribution in [0.2, 0.25) is 0 Å². The number of H-pyrrole nitrogens is 1. The molecule has 1 aliphatic rings. The lowest BCUT2D eigenvalue weighted by molar-refractivity contribution is -0.0498. The van der Waals surface area contributed by atoms with Gasteiger partial charge in [0, 0.05) is 18.2 Å². The van der Waals surface area contributed by atoms with E-state index in [-0.39, 0.29) is 30.1 Å². The number of amides is 1. The van der Waals surface area contributed by atoms with Crippen molar-refractivity contribution in [2.24, 2.45) is 0 Å². The van der Waals surface area contributed by atoms with Crippen molar-refractivity contribution in [1.82, 2.24) is 20.8 Å². The summed E-state index contributed by atoms with van der Waals surface area (Å²) in [7, 11) is 0. The Morgan fingerprint density at radius 3 is 2.96 bits per heavy atom. The molecule has 1 amide bonds. The first kappa shape index (κ1) is 18.2. The monoisotopic (exact) mass is 358 g/mol. The molecule has 0 radical (unpaired) electrons. The van der Waals surface area contributed by atoms with Gasteiger partial charge in [-0.1, -0.05) is 12.1 Å². The van der Waals surface area contributed by atoms with Crippen molar-refractivity contribution in [3.05, 3.63) is 36.0 Å². The van der Waals surface area contributed by atoms with E-state index >= 15 is 0 Å². The van der Waals surface area contributed by atoms with Crippen LogP contribution in [0.4, 0.5) is 8.78 Å². The number of halogens is 3. The third kappa shape index (κ3) is 4.21. The molecule has 1 aromatic heterocycles. The van der Waals surface area contributed by atoms with Gasteiger partial charge in [-0.3, -0.25) is 9.89 Å². The number of hydrogen-bond acceptors (Lipinski definition) is 4. The highest BCUT2D eigenvalue weighted by atomic mass is 35.5. The van der Waals surface area contributed by atoms with E-state index in [4.69, 9.17) is 0 Å². The maximum atomic E-state index is 12.4. The molecule has 2 heterocycles. The van der Waals surface area contributed by atoms with E-state index in [9.17, 15) is 13.6 Å². The van der Waals surface area contributed by atoms with Crippen LogP contribution in [-0.2, 0) is 0 Å². The lowest BCUT2D eigenvalue weighted by atomic mass is 10.1. The Labute approximate surface area is 143 Å². The van der Waals surface area contributed by atoms with Gasteiger partial charge in [-0.15, -0.1) is 12.4 Å². The van der Waals surface area contributed by atoms with Crippen LogP contribution in [0.1, 0.15) is 16.8 Å². The summed E-state index contributed by atoms with van der Waals surface area (Å²) in [5.74, 6) is -0.221. The molecule has 130 valence electrons. The molecule has 0 aliphatic carbocycles. The first-order chi connectivity index (χ1) is 11.1. The lowest BCUT2D eigenvalue weighted by Gasteiger charge is -2.11. The molecular weight excluding hydrogens is 342 g/mol. The van der Waals surface area contributed by atoms with Crippen LogP contribution in [0.25, 0.3) is 11.3 Å². The molecule has 0 bridgehead atoms. The van der Waals surface area contributed by atoms with E-state index in [1.165, 1.54) is 18.3 Å². The number of ether oxygens (including phenoxy) is 1. The molecule has 1 aromatic carbocycles. The number of benzene rings is 1. The highest BCUT2D eigenvalue weighted by Crippen LogP contribution is 2.26. The van der Waals surface area contributed by atoms with Crippen molar-refractivity contribution in [2.75, 3.05) is 13.1 Å². The Balaban J connectivity index is 0.00000208. The first-order valence-electron chi connectivity index (χ1n) is 7.23. The predicted octanol–water partition coefficient (Wildman–Crippen LogP) is 2.19. The standard InChI is InChI=1S/C15H16F2N4O2.ClH/c16-15(17)23-11-3-1-2-9(6-11)13-12(8-19-21-13)14(22)20-10-4-5-18-7-10;/h1-3,6,8,10,15,18H,4-5,7H2,(H,19,21)(H,20,22);1H. The molecule has 3 N–H and O–H groups in total. The van der Waals surface area contributed by atoms with Gasteiger partial charge in [-0.05, 0) is 25.1 Å². The van der Waals surface area contributed by atoms with E-state index < -0.39 is 6.61 Å². The predicted molar refractivity (Wildman–Crippen MR) is 86.6 cm³/mol. The second-order valence-electron chi connectivity index (χ2n) is 5.23. The Morgan fingerprint density at radius 2 is 2.25 bits per heavy atom. The molecule has 1 aliphatic heterocycles. The topological polar surface area (TPSA) is 79.0 Å². The third-order valence-corrected chi connectivity index (χ3v) is 3.63. The summed E-state index contributed by atoms with van der Waals surface area (Å²) >= 11 is 0. The van der Waals surface area contributed by atoms with Crippen LogP contribution in [0.15, 0.2) is 30.5 Å². The molecule has 3 rings (SSSR count). The molecule has 1 saturated heterocycles. The largest absolute Gasteiger partial charge is 0.435 e. The number of aromatic amines is 1. The van der Waals surface area contributed by atoms with Crippen molar-refractivity contribution in [3.8, 4) is 17.0 Å². The zero-order chi connectivity index (χ0) is 16.2. The second kappa shape index (κ2) is 8.07. The number of carbonyl (C=O) groups is 1. The van der Waals surface area contributed by atoms with Gasteiger partial charge in [0.25, 0.3) is 5.91 Å². The number of aromatic nitrogens is 2. The van der Waals surface area contributed by atoms with E-state index in [0.29, 0.717) is 16.8 Å². The second-order valence-corrected chi connectivity index (χ2v) is 5.23. The average Bonchev–Trinajstić information content (AvgIpc) is 3.17. The zero-order valence-corrected chi connectivity index (χ0v) is 13.4. The van der Waals surface area contributed by atoms with Crippen LogP contribution in [0.5, 0.6) is 5.75 Å². The van der Waals surface area contributed by atoms with E-state index in [0.717, 1.165) is 19.5 Å². The summed E-state index contributed by atoms with van der Waals surface area (Å²) in [5, 5.41) is 12.7. The van der Waals surface area contributed by atoms with Gasteiger partial charge >= 0.3 is 6.61 Å². The van der Waals surface area contributed by atoms with Crippen LogP contribution in [0.3, 0.4) is 0 Å². The quantitative estimate of drug-likeness (QED) is 0.765. The fourth-order valence-corrected chi connectivity index (χ4v) is 2.55. The van der Waals surface area contributed by atoms with Crippen molar-refractivity contribution in [3.63, 3.8) is 0 Å². The van der Waals surface area contributed by atoms with Gasteiger partial charge in [0.05, 0.1) is 17.5 Å². The molecule has 6 nitrogen and oxygen atoms in total. The van der Waals surface area contributed by atoms with Crippen molar-refractivity contribution in [1.29, 1.82) is 0 Å². The van der Waals surface area contributed by atoms with Gasteiger partial charge in [0.15, 0.2) is 0 Å². The lowest BCUT2D eigenvalue weighted by Crippen LogP contribution is -2.36. The first-order valence-corrected chi connectivity index (χ1v) is 7.23. The highest BCUT2D eigenvalue weighted by Gasteiger charge is 2.21. The SMILES string of the molecule is Cl.O=C(NC1CCNC1)c1cn[nH]c1-c1cccc(OC(F)F)c1. The Morgan fingerprint density at radius 1 is 1.42 bits per heavy atom. The van der Waals surface area contributed by atoms with Crippen molar-refractivity contribution in [2.45, 2.75) is 19.1 Å². The van der Waals surface area contributed by atoms with Crippen LogP contribution in [0, 0.1) is 0 Å². The number of nitrogens with one attached hydrogen (secondary N) is 3. The van der Waals surface area contributed by atoms with Crippen molar-refractivity contribution >= 4 is 18.3 Å². The average molecular weight is 359 g/mol. The van der Waals surface area contributed by atoms with E-state index in [1.54, 1.807) is 12.1 Å². The minimum absolute atomic E-state index is 0. The summed E-state index contributed by atoms with van der Waals surface area (Å²) in [4.78, 5) is 12.4. The molecule has 24 heavy (non-hydrogen) atoms. The Kier molecular flexibility index (Phi) is 6.10. The third-order valence-electron chi connectivity index (χ3n) is 3.63. The Hall–Kier alpha value is -2.19. The number of carbonyl (C=O) groups excluding carboxylic acids is 1. The smallest absolute Gasteiger partial charge is 0.387 e. The van der Waals surface area contributed by atoms with Gasteiger partial charge in [0.1, 0.15) is 5.75 Å². The molecule has 1 fully saturated rings. The number of nitrogens with zero attached hydrogens (tertiary/aromatic N) is 1. The summed E-state index contributed by atoms with van der Waals surface area (Å²) in [6.07, 6.45) is 2.30. The number of hydrogen-bond donors (Lipinski definition) is 3. The molecule has 1 unspecified atom stereocenters. The molecule has 0 spiro atoms. The van der Waals surface area contributed by atoms with Crippen LogP contribution < -0.4 is 15.4 Å². The van der Waals surface area contributed by atoms with E-state index in [2.05, 4.69) is 25.6 Å². The van der Waals surface area contributed by atoms with Crippen molar-refractivity contribution < 1.29 is 18.3 Å². The van der Waals surface area contributed by atoms with Gasteiger partial charge in [-0.25, -0.2) is 0 Å². The highest BCUT2D eigenvalue weighted by molar-refractivity contribution is 6.00. The molecular formula is C15H17ClF2N4O2. The van der Waals surface area contributed by atoms with Gasteiger partial charge in [-0.2, -0.15) is 13.9 Å². The normalized spacial score (nSPS) is 16.7. The summed E-state index contributed by atoms with van der Waals surface area (Å²) in [6.45, 7) is -1.29. The summed E-state index contributed by atoms with van der Waals surface area (Å²) in [6, 6.07) is 6.22. The number of alkyl halides is 2. The minimum atomic E-state index is -2.90. The zero-order valence-electron chi connectivity index (χ0n) is 12.6. The molecule has 9 heteroatoms.